The van der Waals surface area contributed by atoms with E-state index < -0.39 is 0 Å². The molecule has 5 nitrogen and oxygen atoms in total. The van der Waals surface area contributed by atoms with Gasteiger partial charge in [0.15, 0.2) is 12.3 Å². The van der Waals surface area contributed by atoms with Crippen molar-refractivity contribution < 1.29 is 19.2 Å². The number of methoxy groups -OCH3 is 1. The second-order valence-electron chi connectivity index (χ2n) is 5.95. The maximum Gasteiger partial charge on any atom is 0.279 e. The molecule has 25 heavy (non-hydrogen) atoms. The van der Waals surface area contributed by atoms with Crippen LogP contribution in [-0.4, -0.2) is 32.4 Å². The number of hydrogen-bond acceptors (Lipinski definition) is 3. The maximum absolute atomic E-state index is 12.3. The molecule has 0 aliphatic rings. The minimum absolute atomic E-state index is 0.0272. The van der Waals surface area contributed by atoms with Crippen LogP contribution < -0.4 is 15.0 Å². The van der Waals surface area contributed by atoms with Crippen molar-refractivity contribution in [3.8, 4) is 5.75 Å². The average molecular weight is 406 g/mol. The summed E-state index contributed by atoms with van der Waals surface area (Å²) in [6.07, 6.45) is 0. The number of amides is 1. The fourth-order valence-electron chi connectivity index (χ4n) is 2.57. The lowest BCUT2D eigenvalue weighted by molar-refractivity contribution is -0.885. The molecule has 2 aromatic rings. The Hall–Kier alpha value is -2.18. The van der Waals surface area contributed by atoms with Crippen molar-refractivity contribution in [3.05, 3.63) is 58.1 Å². The van der Waals surface area contributed by atoms with Gasteiger partial charge in [-0.05, 0) is 37.3 Å². The van der Waals surface area contributed by atoms with Gasteiger partial charge in [0.05, 0.1) is 14.2 Å². The molecule has 6 heteroatoms. The smallest absolute Gasteiger partial charge is 0.279 e. The molecule has 0 saturated heterocycles. The summed E-state index contributed by atoms with van der Waals surface area (Å²) in [5.74, 6) is 0.671. The SMILES string of the molecule is COc1ccc(Br)cc1C[NH+](C)CC(=O)Nc1cccc(C(C)=O)c1. The lowest BCUT2D eigenvalue weighted by Gasteiger charge is -2.16. The first-order chi connectivity index (χ1) is 11.9. The monoisotopic (exact) mass is 405 g/mol. The third-order valence-electron chi connectivity index (χ3n) is 3.75. The number of quaternary nitrogens is 1. The number of halogens is 1. The summed E-state index contributed by atoms with van der Waals surface area (Å²) in [4.78, 5) is 24.7. The van der Waals surface area contributed by atoms with Crippen LogP contribution in [0.4, 0.5) is 5.69 Å². The Morgan fingerprint density at radius 1 is 1.20 bits per heavy atom. The number of carbonyl (C=O) groups excluding carboxylic acids is 2. The van der Waals surface area contributed by atoms with Crippen LogP contribution in [0.3, 0.4) is 0 Å². The average Bonchev–Trinajstić information content (AvgIpc) is 2.55. The summed E-state index contributed by atoms with van der Waals surface area (Å²) in [5, 5.41) is 2.84. The van der Waals surface area contributed by atoms with Crippen LogP contribution in [0.5, 0.6) is 5.75 Å². The molecule has 0 bridgehead atoms. The van der Waals surface area contributed by atoms with Crippen molar-refractivity contribution in [2.75, 3.05) is 26.0 Å². The van der Waals surface area contributed by atoms with Crippen LogP contribution in [0.1, 0.15) is 22.8 Å². The number of Topliss-reactive ketones (excluding diaryl/α,β-unsaturated/α-hetero) is 1. The predicted molar refractivity (Wildman–Crippen MR) is 101 cm³/mol. The second kappa shape index (κ2) is 8.78. The van der Waals surface area contributed by atoms with E-state index in [4.69, 9.17) is 4.74 Å². The molecule has 0 spiro atoms. The van der Waals surface area contributed by atoms with E-state index in [1.165, 1.54) is 6.92 Å². The maximum atomic E-state index is 12.3. The highest BCUT2D eigenvalue weighted by atomic mass is 79.9. The van der Waals surface area contributed by atoms with Crippen LogP contribution in [0.2, 0.25) is 0 Å². The van der Waals surface area contributed by atoms with Crippen molar-refractivity contribution in [1.82, 2.24) is 0 Å². The highest BCUT2D eigenvalue weighted by Crippen LogP contribution is 2.22. The third kappa shape index (κ3) is 5.69. The van der Waals surface area contributed by atoms with Gasteiger partial charge in [0, 0.05) is 21.3 Å². The molecule has 0 aromatic heterocycles. The van der Waals surface area contributed by atoms with E-state index in [9.17, 15) is 9.59 Å². The van der Waals surface area contributed by atoms with E-state index in [2.05, 4.69) is 21.2 Å². The first-order valence-corrected chi connectivity index (χ1v) is 8.73. The Balaban J connectivity index is 1.97. The van der Waals surface area contributed by atoms with Gasteiger partial charge < -0.3 is 15.0 Å². The summed E-state index contributed by atoms with van der Waals surface area (Å²) in [5.41, 5.74) is 2.24. The van der Waals surface area contributed by atoms with E-state index in [1.807, 2.05) is 25.2 Å². The van der Waals surface area contributed by atoms with Gasteiger partial charge in [0.1, 0.15) is 12.3 Å². The van der Waals surface area contributed by atoms with Crippen LogP contribution in [0.15, 0.2) is 46.9 Å². The molecule has 0 saturated carbocycles. The van der Waals surface area contributed by atoms with Crippen molar-refractivity contribution in [2.45, 2.75) is 13.5 Å². The molecule has 132 valence electrons. The molecular formula is C19H22BrN2O3+. The standard InChI is InChI=1S/C19H21BrN2O3/c1-13(23)14-5-4-6-17(10-14)21-19(24)12-22(2)11-15-9-16(20)7-8-18(15)25-3/h4-10H,11-12H2,1-3H3,(H,21,24)/p+1. The molecule has 1 atom stereocenters. The zero-order valence-electron chi connectivity index (χ0n) is 14.6. The van der Waals surface area contributed by atoms with E-state index in [-0.39, 0.29) is 11.7 Å². The number of rotatable bonds is 7. The van der Waals surface area contributed by atoms with Gasteiger partial charge in [-0.15, -0.1) is 0 Å². The quantitative estimate of drug-likeness (QED) is 0.694. The van der Waals surface area contributed by atoms with E-state index >= 15 is 0 Å². The Morgan fingerprint density at radius 2 is 1.96 bits per heavy atom. The third-order valence-corrected chi connectivity index (χ3v) is 4.24. The Kier molecular flexibility index (Phi) is 6.73. The molecule has 1 amide bonds. The molecule has 0 heterocycles. The fraction of sp³-hybridized carbons (Fsp3) is 0.263. The van der Waals surface area contributed by atoms with Gasteiger partial charge >= 0.3 is 0 Å². The minimum Gasteiger partial charge on any atom is -0.496 e. The van der Waals surface area contributed by atoms with E-state index in [0.717, 1.165) is 20.7 Å². The summed E-state index contributed by atoms with van der Waals surface area (Å²) < 4.78 is 6.34. The number of nitrogens with one attached hydrogen (secondary N) is 2. The largest absolute Gasteiger partial charge is 0.496 e. The predicted octanol–water partition coefficient (Wildman–Crippen LogP) is 2.31. The first kappa shape index (κ1) is 19.1. The van der Waals surface area contributed by atoms with E-state index in [0.29, 0.717) is 24.3 Å². The summed E-state index contributed by atoms with van der Waals surface area (Å²) >= 11 is 3.46. The molecular weight excluding hydrogens is 384 g/mol. The number of ether oxygens (including phenoxy) is 1. The molecule has 0 aliphatic heterocycles. The Bertz CT molecular complexity index is 777. The van der Waals surface area contributed by atoms with Gasteiger partial charge in [0.25, 0.3) is 5.91 Å². The van der Waals surface area contributed by atoms with Gasteiger partial charge in [-0.1, -0.05) is 28.1 Å². The molecule has 2 rings (SSSR count). The molecule has 2 aromatic carbocycles. The highest BCUT2D eigenvalue weighted by molar-refractivity contribution is 9.10. The molecule has 0 fully saturated rings. The van der Waals surface area contributed by atoms with Crippen LogP contribution in [-0.2, 0) is 11.3 Å². The second-order valence-corrected chi connectivity index (χ2v) is 6.87. The Morgan fingerprint density at radius 3 is 2.64 bits per heavy atom. The van der Waals surface area contributed by atoms with Crippen LogP contribution in [0.25, 0.3) is 0 Å². The van der Waals surface area contributed by atoms with Crippen molar-refractivity contribution in [2.24, 2.45) is 0 Å². The fourth-order valence-corrected chi connectivity index (χ4v) is 2.98. The topological polar surface area (TPSA) is 59.8 Å². The van der Waals surface area contributed by atoms with Crippen molar-refractivity contribution >= 4 is 33.3 Å². The zero-order valence-corrected chi connectivity index (χ0v) is 16.1. The van der Waals surface area contributed by atoms with Crippen LogP contribution in [0, 0.1) is 0 Å². The lowest BCUT2D eigenvalue weighted by atomic mass is 10.1. The van der Waals surface area contributed by atoms with Crippen molar-refractivity contribution in [1.29, 1.82) is 0 Å². The van der Waals surface area contributed by atoms with Gasteiger partial charge in [-0.25, -0.2) is 0 Å². The van der Waals surface area contributed by atoms with Crippen LogP contribution >= 0.6 is 15.9 Å². The molecule has 0 radical (unpaired) electrons. The summed E-state index contributed by atoms with van der Waals surface area (Å²) in [6.45, 7) is 2.47. The number of likely N-dealkylation sites (N-methyl/N-ethyl adjacent to an activating group) is 1. The van der Waals surface area contributed by atoms with E-state index in [1.54, 1.807) is 31.4 Å². The van der Waals surface area contributed by atoms with Crippen molar-refractivity contribution in [3.63, 3.8) is 0 Å². The summed E-state index contributed by atoms with van der Waals surface area (Å²) in [7, 11) is 3.59. The zero-order chi connectivity index (χ0) is 18.4. The number of ketones is 1. The van der Waals surface area contributed by atoms with Gasteiger partial charge in [-0.3, -0.25) is 9.59 Å². The molecule has 1 unspecified atom stereocenters. The summed E-state index contributed by atoms with van der Waals surface area (Å²) in [6, 6.07) is 12.8. The number of carbonyl (C=O) groups is 2. The number of benzene rings is 2. The number of anilines is 1. The molecule has 2 N–H and O–H groups in total. The minimum atomic E-state index is -0.104. The normalized spacial score (nSPS) is 11.7. The number of hydrogen-bond donors (Lipinski definition) is 2. The highest BCUT2D eigenvalue weighted by Gasteiger charge is 2.14. The Labute approximate surface area is 156 Å². The lowest BCUT2D eigenvalue weighted by Crippen LogP contribution is -3.08. The molecule has 0 aliphatic carbocycles. The van der Waals surface area contributed by atoms with Gasteiger partial charge in [-0.2, -0.15) is 0 Å². The first-order valence-electron chi connectivity index (χ1n) is 7.93. The van der Waals surface area contributed by atoms with Gasteiger partial charge in [0.2, 0.25) is 0 Å².